The minimum atomic E-state index is 0.715. The Bertz CT molecular complexity index is 2910. The molecular weight excluding hydrogens is 629 g/mol. The summed E-state index contributed by atoms with van der Waals surface area (Å²) in [4.78, 5) is 10.3. The number of fused-ring (bicyclic) bond motifs is 7. The second-order valence-electron chi connectivity index (χ2n) is 13.4. The summed E-state index contributed by atoms with van der Waals surface area (Å²) >= 11 is 0. The lowest BCUT2D eigenvalue weighted by molar-refractivity contribution is 1.23. The Balaban J connectivity index is 1.04. The molecule has 0 bridgehead atoms. The molecule has 0 aliphatic carbocycles. The molecule has 0 saturated carbocycles. The largest absolute Gasteiger partial charge is 0.228 e. The molecule has 0 saturated heterocycles. The van der Waals surface area contributed by atoms with Crippen molar-refractivity contribution in [3.05, 3.63) is 194 Å². The molecule has 0 N–H and O–H groups in total. The van der Waals surface area contributed by atoms with Crippen LogP contribution in [0.3, 0.4) is 0 Å². The Morgan fingerprint density at radius 1 is 0.231 bits per heavy atom. The maximum absolute atomic E-state index is 5.21. The van der Waals surface area contributed by atoms with Gasteiger partial charge < -0.3 is 0 Å². The molecule has 0 spiro atoms. The third-order valence-corrected chi connectivity index (χ3v) is 10.3. The fourth-order valence-corrected chi connectivity index (χ4v) is 7.68. The molecule has 10 aromatic rings. The van der Waals surface area contributed by atoms with Crippen LogP contribution in [0.5, 0.6) is 0 Å². The summed E-state index contributed by atoms with van der Waals surface area (Å²) in [6.07, 6.45) is 0. The van der Waals surface area contributed by atoms with Gasteiger partial charge >= 0.3 is 0 Å². The summed E-state index contributed by atoms with van der Waals surface area (Å²) in [5.74, 6) is 0.715. The smallest absolute Gasteiger partial charge is 0.160 e. The second kappa shape index (κ2) is 12.5. The number of hydrogen-bond acceptors (Lipinski definition) is 2. The van der Waals surface area contributed by atoms with E-state index in [2.05, 4.69) is 182 Å². The van der Waals surface area contributed by atoms with E-state index < -0.39 is 0 Å². The summed E-state index contributed by atoms with van der Waals surface area (Å²) in [6, 6.07) is 69.3. The predicted octanol–water partition coefficient (Wildman–Crippen LogP) is 13.4. The SMILES string of the molecule is c1ccc(-c2ccc(-c3nc(-c4cccc(-c5cccc(-c6ccc7c8ccccc8c8ccccc8c7c6)c5)c4)nc4ccccc34)cc2)cc1. The van der Waals surface area contributed by atoms with E-state index in [1.165, 1.54) is 54.6 Å². The Morgan fingerprint density at radius 3 is 1.31 bits per heavy atom. The zero-order chi connectivity index (χ0) is 34.4. The number of aromatic nitrogens is 2. The third-order valence-electron chi connectivity index (χ3n) is 10.3. The zero-order valence-corrected chi connectivity index (χ0v) is 28.4. The van der Waals surface area contributed by atoms with E-state index >= 15 is 0 Å². The second-order valence-corrected chi connectivity index (χ2v) is 13.4. The van der Waals surface area contributed by atoms with Crippen LogP contribution < -0.4 is 0 Å². The quantitative estimate of drug-likeness (QED) is 0.172. The van der Waals surface area contributed by atoms with Crippen LogP contribution >= 0.6 is 0 Å². The highest BCUT2D eigenvalue weighted by Gasteiger charge is 2.14. The minimum absolute atomic E-state index is 0.715. The van der Waals surface area contributed by atoms with E-state index in [0.29, 0.717) is 5.82 Å². The normalized spacial score (nSPS) is 11.5. The molecule has 0 unspecified atom stereocenters. The summed E-state index contributed by atoms with van der Waals surface area (Å²) < 4.78 is 0. The highest BCUT2D eigenvalue weighted by atomic mass is 14.9. The Labute approximate surface area is 302 Å². The molecule has 52 heavy (non-hydrogen) atoms. The molecule has 242 valence electrons. The Hall–Kier alpha value is -6.90. The first kappa shape index (κ1) is 30.0. The standard InChI is InChI=1S/C50H32N2/c1-2-12-33(13-3-1)34-24-26-35(27-25-34)49-46-22-8-9-23-48(46)51-50(52-49)40-17-11-16-38(31-40)36-14-10-15-37(30-36)39-28-29-45-43-20-5-4-18-41(43)42-19-6-7-21-44(42)47(45)32-39/h1-32H. The van der Waals surface area contributed by atoms with Gasteiger partial charge in [0.2, 0.25) is 0 Å². The first-order valence-corrected chi connectivity index (χ1v) is 17.7. The monoisotopic (exact) mass is 660 g/mol. The van der Waals surface area contributed by atoms with E-state index in [0.717, 1.165) is 38.9 Å². The van der Waals surface area contributed by atoms with Crippen LogP contribution in [0, 0.1) is 0 Å². The number of nitrogens with zero attached hydrogens (tertiary/aromatic N) is 2. The first-order valence-electron chi connectivity index (χ1n) is 17.7. The summed E-state index contributed by atoms with van der Waals surface area (Å²) in [5.41, 5.74) is 11.0. The van der Waals surface area contributed by atoms with Crippen LogP contribution in [0.25, 0.3) is 99.2 Å². The molecule has 0 amide bonds. The topological polar surface area (TPSA) is 25.8 Å². The van der Waals surface area contributed by atoms with Crippen molar-refractivity contribution < 1.29 is 0 Å². The number of rotatable bonds is 5. The lowest BCUT2D eigenvalue weighted by Crippen LogP contribution is -1.95. The highest BCUT2D eigenvalue weighted by molar-refractivity contribution is 6.25. The number of benzene rings is 9. The van der Waals surface area contributed by atoms with E-state index in [9.17, 15) is 0 Å². The van der Waals surface area contributed by atoms with Crippen molar-refractivity contribution in [2.45, 2.75) is 0 Å². The molecule has 1 heterocycles. The van der Waals surface area contributed by atoms with Crippen molar-refractivity contribution in [3.63, 3.8) is 0 Å². The lowest BCUT2D eigenvalue weighted by atomic mass is 9.91. The molecule has 2 heteroatoms. The Kier molecular flexibility index (Phi) is 7.18. The van der Waals surface area contributed by atoms with Gasteiger partial charge in [0.15, 0.2) is 5.82 Å². The fraction of sp³-hybridized carbons (Fsp3) is 0. The predicted molar refractivity (Wildman–Crippen MR) is 219 cm³/mol. The molecule has 0 aliphatic rings. The molecule has 0 atom stereocenters. The van der Waals surface area contributed by atoms with Gasteiger partial charge in [-0.05, 0) is 90.0 Å². The maximum Gasteiger partial charge on any atom is 0.160 e. The van der Waals surface area contributed by atoms with Crippen molar-refractivity contribution in [3.8, 4) is 56.0 Å². The van der Waals surface area contributed by atoms with Crippen LogP contribution in [-0.2, 0) is 0 Å². The van der Waals surface area contributed by atoms with Crippen LogP contribution in [-0.4, -0.2) is 9.97 Å². The van der Waals surface area contributed by atoms with Crippen molar-refractivity contribution in [2.75, 3.05) is 0 Å². The molecule has 0 radical (unpaired) electrons. The van der Waals surface area contributed by atoms with E-state index in [1.54, 1.807) is 0 Å². The molecule has 10 rings (SSSR count). The van der Waals surface area contributed by atoms with Gasteiger partial charge in [-0.25, -0.2) is 9.97 Å². The highest BCUT2D eigenvalue weighted by Crippen LogP contribution is 2.38. The first-order chi connectivity index (χ1) is 25.8. The van der Waals surface area contributed by atoms with Crippen LogP contribution in [0.2, 0.25) is 0 Å². The summed E-state index contributed by atoms with van der Waals surface area (Å²) in [7, 11) is 0. The summed E-state index contributed by atoms with van der Waals surface area (Å²) in [5, 5.41) is 8.75. The molecule has 1 aromatic heterocycles. The lowest BCUT2D eigenvalue weighted by Gasteiger charge is -2.13. The van der Waals surface area contributed by atoms with Gasteiger partial charge in [-0.1, -0.05) is 170 Å². The van der Waals surface area contributed by atoms with E-state index in [4.69, 9.17) is 9.97 Å². The summed E-state index contributed by atoms with van der Waals surface area (Å²) in [6.45, 7) is 0. The van der Waals surface area contributed by atoms with E-state index in [1.807, 2.05) is 12.1 Å². The minimum Gasteiger partial charge on any atom is -0.228 e. The van der Waals surface area contributed by atoms with Gasteiger partial charge in [0.25, 0.3) is 0 Å². The van der Waals surface area contributed by atoms with Crippen molar-refractivity contribution in [1.29, 1.82) is 0 Å². The average molecular weight is 661 g/mol. The van der Waals surface area contributed by atoms with Crippen molar-refractivity contribution >= 4 is 43.2 Å². The van der Waals surface area contributed by atoms with Crippen LogP contribution in [0.1, 0.15) is 0 Å². The molecule has 9 aromatic carbocycles. The van der Waals surface area contributed by atoms with Gasteiger partial charge in [0.1, 0.15) is 0 Å². The molecule has 0 fully saturated rings. The third kappa shape index (κ3) is 5.21. The van der Waals surface area contributed by atoms with Crippen molar-refractivity contribution in [2.24, 2.45) is 0 Å². The van der Waals surface area contributed by atoms with Gasteiger partial charge in [-0.3, -0.25) is 0 Å². The number of para-hydroxylation sites is 1. The van der Waals surface area contributed by atoms with Gasteiger partial charge in [0, 0.05) is 16.5 Å². The van der Waals surface area contributed by atoms with Crippen LogP contribution in [0.15, 0.2) is 194 Å². The van der Waals surface area contributed by atoms with Gasteiger partial charge in [-0.2, -0.15) is 0 Å². The number of hydrogen-bond donors (Lipinski definition) is 0. The Morgan fingerprint density at radius 2 is 0.654 bits per heavy atom. The molecule has 2 nitrogen and oxygen atoms in total. The average Bonchev–Trinajstić information content (AvgIpc) is 3.23. The maximum atomic E-state index is 5.21. The zero-order valence-electron chi connectivity index (χ0n) is 28.4. The van der Waals surface area contributed by atoms with Crippen LogP contribution in [0.4, 0.5) is 0 Å². The van der Waals surface area contributed by atoms with Crippen molar-refractivity contribution in [1.82, 2.24) is 9.97 Å². The molecular formula is C50H32N2. The van der Waals surface area contributed by atoms with Gasteiger partial charge in [0.05, 0.1) is 11.2 Å². The fourth-order valence-electron chi connectivity index (χ4n) is 7.68. The van der Waals surface area contributed by atoms with Gasteiger partial charge in [-0.15, -0.1) is 0 Å². The molecule has 0 aliphatic heterocycles. The van der Waals surface area contributed by atoms with E-state index in [-0.39, 0.29) is 0 Å².